The van der Waals surface area contributed by atoms with Crippen molar-refractivity contribution in [3.8, 4) is 5.75 Å². The quantitative estimate of drug-likeness (QED) is 0.405. The lowest BCUT2D eigenvalue weighted by Crippen LogP contribution is -2.38. The van der Waals surface area contributed by atoms with Crippen LogP contribution < -0.4 is 14.4 Å². The Morgan fingerprint density at radius 3 is 1.83 bits per heavy atom. The van der Waals surface area contributed by atoms with Crippen LogP contribution in [0.3, 0.4) is 0 Å². The molecule has 192 valence electrons. The summed E-state index contributed by atoms with van der Waals surface area (Å²) in [4.78, 5) is 13.0. The highest BCUT2D eigenvalue weighted by Crippen LogP contribution is 2.25. The Hall–Kier alpha value is -3.41. The van der Waals surface area contributed by atoms with Crippen LogP contribution in [0.5, 0.6) is 5.75 Å². The largest absolute Gasteiger partial charge is 0.497 e. The summed E-state index contributed by atoms with van der Waals surface area (Å²) in [7, 11) is -6.23. The maximum absolute atomic E-state index is 13.4. The molecule has 1 amide bonds. The van der Waals surface area contributed by atoms with E-state index in [2.05, 4.69) is 5.32 Å². The van der Waals surface area contributed by atoms with Crippen LogP contribution in [0.1, 0.15) is 13.8 Å². The molecule has 3 aromatic rings. The molecule has 0 heterocycles. The van der Waals surface area contributed by atoms with Gasteiger partial charge in [0.25, 0.3) is 10.0 Å². The first-order valence-corrected chi connectivity index (χ1v) is 14.1. The summed E-state index contributed by atoms with van der Waals surface area (Å²) in [6.07, 6.45) is 0. The van der Waals surface area contributed by atoms with E-state index in [9.17, 15) is 21.6 Å². The maximum atomic E-state index is 13.4. The zero-order valence-electron chi connectivity index (χ0n) is 20.3. The van der Waals surface area contributed by atoms with Gasteiger partial charge in [-0.2, -0.15) is 4.31 Å². The van der Waals surface area contributed by atoms with Crippen molar-refractivity contribution in [1.29, 1.82) is 0 Å². The molecule has 0 aromatic heterocycles. The molecular weight excluding hydrogens is 502 g/mol. The van der Waals surface area contributed by atoms with Gasteiger partial charge in [-0.1, -0.05) is 32.0 Å². The van der Waals surface area contributed by atoms with Crippen LogP contribution in [0, 0.1) is 0 Å². The molecule has 0 unspecified atom stereocenters. The maximum Gasteiger partial charge on any atom is 0.264 e. The van der Waals surface area contributed by atoms with Crippen LogP contribution in [0.2, 0.25) is 0 Å². The Labute approximate surface area is 212 Å². The van der Waals surface area contributed by atoms with Crippen molar-refractivity contribution < 1.29 is 26.4 Å². The first kappa shape index (κ1) is 27.2. The molecule has 0 atom stereocenters. The summed E-state index contributed by atoms with van der Waals surface area (Å²) in [5, 5.41) is 2.65. The van der Waals surface area contributed by atoms with Crippen LogP contribution >= 0.6 is 0 Å². The molecule has 0 saturated heterocycles. The van der Waals surface area contributed by atoms with Gasteiger partial charge in [0.2, 0.25) is 15.9 Å². The zero-order valence-corrected chi connectivity index (χ0v) is 21.9. The van der Waals surface area contributed by atoms with E-state index in [1.807, 2.05) is 0 Å². The molecule has 11 heteroatoms. The molecule has 3 rings (SSSR count). The Morgan fingerprint density at radius 1 is 0.778 bits per heavy atom. The molecule has 0 saturated carbocycles. The SMILES string of the molecule is CCN(CC)S(=O)(=O)c1ccc(NC(=O)CN(c2ccccc2)S(=O)(=O)c2ccc(OC)cc2)cc1. The highest BCUT2D eigenvalue weighted by atomic mass is 32.2. The van der Waals surface area contributed by atoms with Crippen LogP contribution in [0.4, 0.5) is 11.4 Å². The minimum Gasteiger partial charge on any atom is -0.497 e. The Bertz CT molecular complexity index is 1370. The van der Waals surface area contributed by atoms with Crippen LogP contribution in [0.25, 0.3) is 0 Å². The number of amides is 1. The van der Waals surface area contributed by atoms with E-state index in [1.54, 1.807) is 44.2 Å². The van der Waals surface area contributed by atoms with Gasteiger partial charge in [0, 0.05) is 18.8 Å². The third-order valence-electron chi connectivity index (χ3n) is 5.46. The normalized spacial score (nSPS) is 11.8. The minimum absolute atomic E-state index is 0.00548. The molecule has 0 spiro atoms. The van der Waals surface area contributed by atoms with Crippen molar-refractivity contribution in [1.82, 2.24) is 4.31 Å². The smallest absolute Gasteiger partial charge is 0.264 e. The number of hydrogen-bond donors (Lipinski definition) is 1. The second-order valence-electron chi connectivity index (χ2n) is 7.68. The van der Waals surface area contributed by atoms with E-state index in [-0.39, 0.29) is 9.79 Å². The van der Waals surface area contributed by atoms with Gasteiger partial charge in [-0.3, -0.25) is 9.10 Å². The topological polar surface area (TPSA) is 113 Å². The number of anilines is 2. The van der Waals surface area contributed by atoms with Gasteiger partial charge in [0.05, 0.1) is 22.6 Å². The van der Waals surface area contributed by atoms with Crippen molar-refractivity contribution >= 4 is 37.3 Å². The summed E-state index contributed by atoms with van der Waals surface area (Å²) in [5.74, 6) is -0.0836. The van der Waals surface area contributed by atoms with Gasteiger partial charge >= 0.3 is 0 Å². The van der Waals surface area contributed by atoms with Crippen molar-refractivity contribution in [3.05, 3.63) is 78.9 Å². The molecule has 36 heavy (non-hydrogen) atoms. The van der Waals surface area contributed by atoms with Crippen molar-refractivity contribution in [2.24, 2.45) is 0 Å². The fourth-order valence-electron chi connectivity index (χ4n) is 3.54. The first-order chi connectivity index (χ1) is 17.1. The third-order valence-corrected chi connectivity index (χ3v) is 9.31. The second kappa shape index (κ2) is 11.5. The number of nitrogens with zero attached hydrogens (tertiary/aromatic N) is 2. The predicted molar refractivity (Wildman–Crippen MR) is 139 cm³/mol. The highest BCUT2D eigenvalue weighted by Gasteiger charge is 2.27. The number of benzene rings is 3. The van der Waals surface area contributed by atoms with Gasteiger partial charge in [-0.15, -0.1) is 0 Å². The molecule has 0 aliphatic rings. The fraction of sp³-hybridized carbons (Fsp3) is 0.240. The summed E-state index contributed by atoms with van der Waals surface area (Å²) in [6, 6.07) is 20.0. The number of ether oxygens (including phenoxy) is 1. The van der Waals surface area contributed by atoms with Gasteiger partial charge in [0.1, 0.15) is 12.3 Å². The van der Waals surface area contributed by atoms with Crippen molar-refractivity contribution in [2.45, 2.75) is 23.6 Å². The molecule has 9 nitrogen and oxygen atoms in total. The number of hydrogen-bond acceptors (Lipinski definition) is 6. The lowest BCUT2D eigenvalue weighted by atomic mass is 10.3. The number of sulfonamides is 2. The number of para-hydroxylation sites is 1. The summed E-state index contributed by atoms with van der Waals surface area (Å²) < 4.78 is 59.7. The Morgan fingerprint density at radius 2 is 1.31 bits per heavy atom. The second-order valence-corrected chi connectivity index (χ2v) is 11.5. The first-order valence-electron chi connectivity index (χ1n) is 11.3. The number of carbonyl (C=O) groups is 1. The summed E-state index contributed by atoms with van der Waals surface area (Å²) >= 11 is 0. The zero-order chi connectivity index (χ0) is 26.3. The average molecular weight is 532 g/mol. The molecule has 1 N–H and O–H groups in total. The van der Waals surface area contributed by atoms with E-state index >= 15 is 0 Å². The van der Waals surface area contributed by atoms with Gasteiger partial charge in [-0.05, 0) is 60.7 Å². The van der Waals surface area contributed by atoms with Crippen LogP contribution in [-0.2, 0) is 24.8 Å². The third kappa shape index (κ3) is 6.04. The Kier molecular flexibility index (Phi) is 8.72. The standard InChI is InChI=1S/C25H29N3O6S2/c1-4-27(5-2)35(30,31)23-15-11-20(12-16-23)26-25(29)19-28(21-9-7-6-8-10-21)36(32,33)24-17-13-22(34-3)14-18-24/h6-18H,4-5,19H2,1-3H3,(H,26,29). The number of rotatable bonds is 11. The van der Waals surface area contributed by atoms with E-state index in [0.717, 1.165) is 4.31 Å². The number of methoxy groups -OCH3 is 1. The van der Waals surface area contributed by atoms with Crippen molar-refractivity contribution in [2.75, 3.05) is 36.4 Å². The summed E-state index contributed by atoms with van der Waals surface area (Å²) in [6.45, 7) is 3.71. The minimum atomic E-state index is -4.08. The molecular formula is C25H29N3O6S2. The number of carbonyl (C=O) groups excluding carboxylic acids is 1. The molecule has 0 radical (unpaired) electrons. The highest BCUT2D eigenvalue weighted by molar-refractivity contribution is 7.92. The molecule has 0 bridgehead atoms. The monoisotopic (exact) mass is 531 g/mol. The average Bonchev–Trinajstić information content (AvgIpc) is 2.88. The molecule has 0 aliphatic heterocycles. The van der Waals surface area contributed by atoms with Crippen LogP contribution in [-0.4, -0.2) is 53.8 Å². The van der Waals surface area contributed by atoms with E-state index in [1.165, 1.54) is 59.9 Å². The van der Waals surface area contributed by atoms with E-state index in [4.69, 9.17) is 4.74 Å². The van der Waals surface area contributed by atoms with Gasteiger partial charge in [-0.25, -0.2) is 16.8 Å². The fourth-order valence-corrected chi connectivity index (χ4v) is 6.42. The van der Waals surface area contributed by atoms with Gasteiger partial charge < -0.3 is 10.1 Å². The lowest BCUT2D eigenvalue weighted by Gasteiger charge is -2.24. The molecule has 0 aliphatic carbocycles. The number of nitrogens with one attached hydrogen (secondary N) is 1. The van der Waals surface area contributed by atoms with Crippen molar-refractivity contribution in [3.63, 3.8) is 0 Å². The van der Waals surface area contributed by atoms with E-state index < -0.39 is 32.5 Å². The van der Waals surface area contributed by atoms with Crippen LogP contribution in [0.15, 0.2) is 88.7 Å². The van der Waals surface area contributed by atoms with Gasteiger partial charge in [0.15, 0.2) is 0 Å². The predicted octanol–water partition coefficient (Wildman–Crippen LogP) is 3.56. The van der Waals surface area contributed by atoms with E-state index in [0.29, 0.717) is 30.2 Å². The summed E-state index contributed by atoms with van der Waals surface area (Å²) in [5.41, 5.74) is 0.664. The molecule has 0 fully saturated rings. The Balaban J connectivity index is 1.83. The molecule has 3 aromatic carbocycles. The lowest BCUT2D eigenvalue weighted by molar-refractivity contribution is -0.114.